The number of rotatable bonds is 12. The zero-order valence-electron chi connectivity index (χ0n) is 18.1. The van der Waals surface area contributed by atoms with E-state index in [1.165, 1.54) is 0 Å². The van der Waals surface area contributed by atoms with Gasteiger partial charge in [-0.15, -0.1) is 0 Å². The molecule has 154 valence electrons. The van der Waals surface area contributed by atoms with Crippen LogP contribution in [0, 0.1) is 0 Å². The first-order valence-corrected chi connectivity index (χ1v) is 21.4. The highest BCUT2D eigenvalue weighted by Crippen LogP contribution is 2.30. The maximum Gasteiger partial charge on any atom is 0.469 e. The van der Waals surface area contributed by atoms with Crippen LogP contribution in [-0.4, -0.2) is 51.5 Å². The lowest BCUT2D eigenvalue weighted by Crippen LogP contribution is -2.60. The monoisotopic (exact) mass is 437 g/mol. The Kier molecular flexibility index (Phi) is 10.2. The van der Waals surface area contributed by atoms with Gasteiger partial charge in [0.2, 0.25) is 0 Å². The molecule has 0 aromatic carbocycles. The van der Waals surface area contributed by atoms with Gasteiger partial charge in [0.15, 0.2) is 25.0 Å². The van der Waals surface area contributed by atoms with Crippen molar-refractivity contribution in [3.8, 4) is 0 Å². The van der Waals surface area contributed by atoms with Crippen LogP contribution in [0.15, 0.2) is 12.2 Å². The minimum absolute atomic E-state index is 0.333. The third-order valence-electron chi connectivity index (χ3n) is 2.78. The van der Waals surface area contributed by atoms with Crippen molar-refractivity contribution in [1.29, 1.82) is 0 Å². The van der Waals surface area contributed by atoms with Crippen LogP contribution in [0.2, 0.25) is 65.0 Å². The Hall–Kier alpha value is -0.242. The minimum Gasteiger partial charge on any atom is -0.465 e. The van der Waals surface area contributed by atoms with Gasteiger partial charge < -0.3 is 22.8 Å². The number of carboxylic acid groups (broad SMARTS) is 1. The number of allylic oxidation sites excluding steroid dienone is 1. The van der Waals surface area contributed by atoms with Crippen molar-refractivity contribution in [3.05, 3.63) is 12.2 Å². The van der Waals surface area contributed by atoms with Crippen LogP contribution in [0.3, 0.4) is 0 Å². The Morgan fingerprint density at radius 3 is 1.62 bits per heavy atom. The highest BCUT2D eigenvalue weighted by molar-refractivity contribution is 6.90. The molecule has 0 spiro atoms. The summed E-state index contributed by atoms with van der Waals surface area (Å²) in [5, 5.41) is 10.9. The molecule has 0 saturated carbocycles. The van der Waals surface area contributed by atoms with Crippen LogP contribution in [0.4, 0.5) is 4.79 Å². The summed E-state index contributed by atoms with van der Waals surface area (Å²) >= 11 is 0. The van der Waals surface area contributed by atoms with Gasteiger partial charge >= 0.3 is 14.9 Å². The third-order valence-corrected chi connectivity index (χ3v) is 14.8. The van der Waals surface area contributed by atoms with Crippen molar-refractivity contribution in [2.45, 2.75) is 77.8 Å². The number of hydrogen-bond acceptors (Lipinski definition) is 4. The van der Waals surface area contributed by atoms with Crippen LogP contribution in [0.1, 0.15) is 12.8 Å². The number of hydrogen-bond donors (Lipinski definition) is 2. The minimum atomic E-state index is -2.75. The van der Waals surface area contributed by atoms with E-state index in [4.69, 9.17) is 17.5 Å². The zero-order valence-corrected chi connectivity index (χ0v) is 22.1. The van der Waals surface area contributed by atoms with Gasteiger partial charge in [-0.05, 0) is 71.8 Å². The molecule has 0 rings (SSSR count). The molecule has 0 bridgehead atoms. The van der Waals surface area contributed by atoms with Gasteiger partial charge in [-0.3, -0.25) is 0 Å². The Labute approximate surface area is 164 Å². The van der Waals surface area contributed by atoms with E-state index in [0.717, 1.165) is 18.9 Å². The van der Waals surface area contributed by atoms with Crippen molar-refractivity contribution >= 4 is 39.8 Å². The first kappa shape index (κ1) is 25.8. The fraction of sp³-hybridized carbons (Fsp3) is 0.812. The summed E-state index contributed by atoms with van der Waals surface area (Å²) in [5.74, 6) is 0. The second-order valence-corrected chi connectivity index (χ2v) is 26.4. The Balaban J connectivity index is 5.11. The van der Waals surface area contributed by atoms with Gasteiger partial charge in [-0.1, -0.05) is 12.2 Å². The van der Waals surface area contributed by atoms with Crippen molar-refractivity contribution in [2.75, 3.05) is 6.54 Å². The van der Waals surface area contributed by atoms with Gasteiger partial charge in [0.1, 0.15) is 0 Å². The molecule has 1 amide bonds. The molecule has 0 saturated heterocycles. The summed E-state index contributed by atoms with van der Waals surface area (Å²) in [7, 11) is -8.22. The molecule has 0 aromatic heterocycles. The number of amides is 1. The molecule has 6 nitrogen and oxygen atoms in total. The first-order valence-electron chi connectivity index (χ1n) is 9.26. The molecule has 2 N–H and O–H groups in total. The molecule has 10 heteroatoms. The van der Waals surface area contributed by atoms with Crippen LogP contribution in [0.5, 0.6) is 0 Å². The fourth-order valence-electron chi connectivity index (χ4n) is 2.40. The molecule has 0 fully saturated rings. The SMILES string of the molecule is C[Si](C)(C)O[Si](CCCC=CCNC(=O)O)(O[Si](C)(C)C)O[Si](C)(C)C. The predicted molar refractivity (Wildman–Crippen MR) is 118 cm³/mol. The first-order chi connectivity index (χ1) is 11.5. The molecule has 0 aliphatic rings. The average Bonchev–Trinajstić information content (AvgIpc) is 2.30. The van der Waals surface area contributed by atoms with Crippen molar-refractivity contribution in [3.63, 3.8) is 0 Å². The van der Waals surface area contributed by atoms with Gasteiger partial charge in [-0.25, -0.2) is 4.79 Å². The summed E-state index contributed by atoms with van der Waals surface area (Å²) in [5.41, 5.74) is 0. The lowest BCUT2D eigenvalue weighted by molar-refractivity contribution is 0.195. The molecule has 0 unspecified atom stereocenters. The second-order valence-electron chi connectivity index (χ2n) is 9.38. The van der Waals surface area contributed by atoms with Crippen LogP contribution in [0.25, 0.3) is 0 Å². The molecular weight excluding hydrogens is 399 g/mol. The van der Waals surface area contributed by atoms with E-state index >= 15 is 0 Å². The molecule has 0 radical (unpaired) electrons. The number of carbonyl (C=O) groups is 1. The van der Waals surface area contributed by atoms with Gasteiger partial charge in [0, 0.05) is 12.6 Å². The fourth-order valence-corrected chi connectivity index (χ4v) is 17.1. The standard InChI is InChI=1S/C16H39NO5Si4/c1-23(2,3)20-26(21-24(4,5)6,22-25(7,8)9)15-13-11-10-12-14-17-16(18)19/h10,12,17H,11,13-15H2,1-9H3,(H,18,19). The van der Waals surface area contributed by atoms with Crippen LogP contribution >= 0.6 is 0 Å². The molecular formula is C16H39NO5Si4. The smallest absolute Gasteiger partial charge is 0.465 e. The van der Waals surface area contributed by atoms with Crippen LogP contribution < -0.4 is 5.32 Å². The van der Waals surface area contributed by atoms with E-state index in [2.05, 4.69) is 64.2 Å². The van der Waals surface area contributed by atoms with Gasteiger partial charge in [0.05, 0.1) is 0 Å². The highest BCUT2D eigenvalue weighted by Gasteiger charge is 2.49. The molecule has 0 aromatic rings. The third kappa shape index (κ3) is 14.9. The Morgan fingerprint density at radius 1 is 0.846 bits per heavy atom. The summed E-state index contributed by atoms with van der Waals surface area (Å²) in [6.07, 6.45) is 4.61. The topological polar surface area (TPSA) is 77.0 Å². The Bertz CT molecular complexity index is 426. The molecule has 0 atom stereocenters. The Morgan fingerprint density at radius 2 is 1.27 bits per heavy atom. The molecule has 26 heavy (non-hydrogen) atoms. The number of nitrogens with one attached hydrogen (secondary N) is 1. The maximum atomic E-state index is 10.4. The highest BCUT2D eigenvalue weighted by atomic mass is 28.5. The van der Waals surface area contributed by atoms with Crippen molar-refractivity contribution in [2.24, 2.45) is 0 Å². The summed E-state index contributed by atoms with van der Waals surface area (Å²) in [6.45, 7) is 20.0. The normalized spacial score (nSPS) is 14.0. The quantitative estimate of drug-likeness (QED) is 0.253. The van der Waals surface area contributed by atoms with E-state index in [1.807, 2.05) is 12.2 Å². The van der Waals surface area contributed by atoms with Crippen molar-refractivity contribution in [1.82, 2.24) is 5.32 Å². The van der Waals surface area contributed by atoms with E-state index in [1.54, 1.807) is 0 Å². The molecule has 0 aliphatic carbocycles. The largest absolute Gasteiger partial charge is 0.469 e. The van der Waals surface area contributed by atoms with Gasteiger partial charge in [0.25, 0.3) is 0 Å². The summed E-state index contributed by atoms with van der Waals surface area (Å²) in [6, 6.07) is 0.808. The average molecular weight is 438 g/mol. The summed E-state index contributed by atoms with van der Waals surface area (Å²) in [4.78, 5) is 10.4. The number of unbranched alkanes of at least 4 members (excludes halogenated alkanes) is 1. The van der Waals surface area contributed by atoms with E-state index < -0.39 is 39.8 Å². The molecule has 0 aliphatic heterocycles. The maximum absolute atomic E-state index is 10.4. The predicted octanol–water partition coefficient (Wildman–Crippen LogP) is 5.08. The van der Waals surface area contributed by atoms with Crippen LogP contribution in [-0.2, 0) is 12.3 Å². The van der Waals surface area contributed by atoms with Crippen molar-refractivity contribution < 1.29 is 22.2 Å². The summed E-state index contributed by atoms with van der Waals surface area (Å²) < 4.78 is 19.9. The van der Waals surface area contributed by atoms with E-state index in [-0.39, 0.29) is 0 Å². The lowest BCUT2D eigenvalue weighted by atomic mass is 10.3. The second kappa shape index (κ2) is 10.3. The lowest BCUT2D eigenvalue weighted by Gasteiger charge is -2.42. The van der Waals surface area contributed by atoms with E-state index in [9.17, 15) is 4.79 Å². The van der Waals surface area contributed by atoms with E-state index in [0.29, 0.717) is 6.54 Å². The zero-order chi connectivity index (χ0) is 20.6. The van der Waals surface area contributed by atoms with Gasteiger partial charge in [-0.2, -0.15) is 0 Å². The molecule has 0 heterocycles.